The molecule has 15 heavy (non-hydrogen) atoms. The molecule has 5 heteroatoms. The van der Waals surface area contributed by atoms with E-state index >= 15 is 0 Å². The van der Waals surface area contributed by atoms with Gasteiger partial charge in [-0.15, -0.1) is 0 Å². The number of nitrogens with zero attached hydrogens (tertiary/aromatic N) is 3. The fourth-order valence-corrected chi connectivity index (χ4v) is 1.42. The number of ether oxygens (including phenoxy) is 1. The molecule has 4 nitrogen and oxygen atoms in total. The number of hydrogen-bond donors (Lipinski definition) is 0. The van der Waals surface area contributed by atoms with Crippen LogP contribution in [0.3, 0.4) is 0 Å². The molecule has 1 aromatic heterocycles. The maximum Gasteiger partial charge on any atom is 0.149 e. The van der Waals surface area contributed by atoms with E-state index in [-0.39, 0.29) is 0 Å². The summed E-state index contributed by atoms with van der Waals surface area (Å²) in [7, 11) is 0. The molecule has 84 valence electrons. The summed E-state index contributed by atoms with van der Waals surface area (Å²) in [4.78, 5) is 10.3. The summed E-state index contributed by atoms with van der Waals surface area (Å²) in [5.74, 6) is 0.829. The van der Waals surface area contributed by atoms with E-state index < -0.39 is 0 Å². The van der Waals surface area contributed by atoms with E-state index in [9.17, 15) is 0 Å². The highest BCUT2D eigenvalue weighted by Gasteiger charge is 2.12. The minimum atomic E-state index is 0.434. The smallest absolute Gasteiger partial charge is 0.149 e. The Labute approximate surface area is 95.2 Å². The van der Waals surface area contributed by atoms with Crippen molar-refractivity contribution in [1.29, 1.82) is 0 Å². The third kappa shape index (κ3) is 3.64. The van der Waals surface area contributed by atoms with Crippen LogP contribution in [0.4, 0.5) is 5.82 Å². The summed E-state index contributed by atoms with van der Waals surface area (Å²) in [6, 6.07) is 0. The van der Waals surface area contributed by atoms with Crippen molar-refractivity contribution < 1.29 is 4.74 Å². The zero-order valence-corrected chi connectivity index (χ0v) is 9.87. The first kappa shape index (κ1) is 12.2. The lowest BCUT2D eigenvalue weighted by Crippen LogP contribution is -2.36. The molecule has 0 bridgehead atoms. The summed E-state index contributed by atoms with van der Waals surface area (Å²) in [6.07, 6.45) is 3.25. The predicted molar refractivity (Wildman–Crippen MR) is 61.4 cm³/mol. The molecule has 0 saturated carbocycles. The van der Waals surface area contributed by atoms with Gasteiger partial charge in [0.15, 0.2) is 0 Å². The molecule has 0 aliphatic carbocycles. The topological polar surface area (TPSA) is 38.2 Å². The Bertz CT molecular complexity index is 290. The number of anilines is 1. The maximum absolute atomic E-state index is 5.73. The first-order valence-corrected chi connectivity index (χ1v) is 5.54. The Balaban J connectivity index is 0.000000531. The first-order valence-electron chi connectivity index (χ1n) is 5.16. The standard InChI is InChI=1S/C8H10ClN3O.C2H6/c9-7-5-10-6-8(11-7)12-1-3-13-4-2-12;1-2/h5-6H,1-4H2;1-2H3. The number of morpholine rings is 1. The van der Waals surface area contributed by atoms with Gasteiger partial charge >= 0.3 is 0 Å². The van der Waals surface area contributed by atoms with Crippen molar-refractivity contribution in [2.24, 2.45) is 0 Å². The summed E-state index contributed by atoms with van der Waals surface area (Å²) < 4.78 is 5.23. The number of halogens is 1. The van der Waals surface area contributed by atoms with E-state index in [2.05, 4.69) is 14.9 Å². The molecule has 1 fully saturated rings. The highest BCUT2D eigenvalue weighted by Crippen LogP contribution is 2.13. The largest absolute Gasteiger partial charge is 0.378 e. The van der Waals surface area contributed by atoms with Crippen LogP contribution in [0.5, 0.6) is 0 Å². The molecule has 0 radical (unpaired) electrons. The van der Waals surface area contributed by atoms with Crippen LogP contribution < -0.4 is 4.90 Å². The van der Waals surface area contributed by atoms with Crippen molar-refractivity contribution in [3.8, 4) is 0 Å². The Morgan fingerprint density at radius 2 is 1.93 bits per heavy atom. The quantitative estimate of drug-likeness (QED) is 0.738. The molecule has 0 N–H and O–H groups in total. The number of hydrogen-bond acceptors (Lipinski definition) is 4. The monoisotopic (exact) mass is 229 g/mol. The maximum atomic E-state index is 5.73. The second-order valence-electron chi connectivity index (χ2n) is 2.80. The van der Waals surface area contributed by atoms with Crippen molar-refractivity contribution in [2.75, 3.05) is 31.2 Å². The SMILES string of the molecule is CC.Clc1cncc(N2CCOCC2)n1. The Kier molecular flexibility index (Phi) is 5.36. The molecule has 0 unspecified atom stereocenters. The predicted octanol–water partition coefficient (Wildman–Crippen LogP) is 1.99. The van der Waals surface area contributed by atoms with Gasteiger partial charge in [-0.25, -0.2) is 4.98 Å². The van der Waals surface area contributed by atoms with E-state index in [0.717, 1.165) is 32.1 Å². The summed E-state index contributed by atoms with van der Waals surface area (Å²) in [6.45, 7) is 7.20. The van der Waals surface area contributed by atoms with Crippen molar-refractivity contribution in [3.05, 3.63) is 17.5 Å². The highest BCUT2D eigenvalue weighted by atomic mass is 35.5. The Hall–Kier alpha value is -0.870. The molecule has 2 rings (SSSR count). The summed E-state index contributed by atoms with van der Waals surface area (Å²) in [5.41, 5.74) is 0. The zero-order chi connectivity index (χ0) is 11.1. The average molecular weight is 230 g/mol. The first-order chi connectivity index (χ1) is 7.36. The minimum Gasteiger partial charge on any atom is -0.378 e. The average Bonchev–Trinajstić information content (AvgIpc) is 2.33. The van der Waals surface area contributed by atoms with Crippen LogP contribution in [0.25, 0.3) is 0 Å². The number of rotatable bonds is 1. The van der Waals surface area contributed by atoms with Gasteiger partial charge in [0.1, 0.15) is 11.0 Å². The van der Waals surface area contributed by atoms with Gasteiger partial charge in [0.2, 0.25) is 0 Å². The third-order valence-electron chi connectivity index (χ3n) is 1.93. The summed E-state index contributed by atoms with van der Waals surface area (Å²) in [5, 5.41) is 0.434. The van der Waals surface area contributed by atoms with E-state index in [4.69, 9.17) is 16.3 Å². The molecular formula is C10H16ClN3O. The van der Waals surface area contributed by atoms with Crippen molar-refractivity contribution >= 4 is 17.4 Å². The van der Waals surface area contributed by atoms with Gasteiger partial charge < -0.3 is 9.64 Å². The molecule has 1 aliphatic heterocycles. The summed E-state index contributed by atoms with van der Waals surface area (Å²) >= 11 is 5.73. The van der Waals surface area contributed by atoms with Crippen LogP contribution in [0.2, 0.25) is 5.15 Å². The normalized spacial score (nSPS) is 15.5. The molecule has 1 aromatic rings. The fourth-order valence-electron chi connectivity index (χ4n) is 1.28. The van der Waals surface area contributed by atoms with Gasteiger partial charge in [0, 0.05) is 13.1 Å². The minimum absolute atomic E-state index is 0.434. The fraction of sp³-hybridized carbons (Fsp3) is 0.600. The van der Waals surface area contributed by atoms with E-state index in [1.54, 1.807) is 6.20 Å². The van der Waals surface area contributed by atoms with Crippen LogP contribution in [-0.2, 0) is 4.74 Å². The number of aromatic nitrogens is 2. The van der Waals surface area contributed by atoms with Crippen molar-refractivity contribution in [3.63, 3.8) is 0 Å². The van der Waals surface area contributed by atoms with Gasteiger partial charge in [-0.3, -0.25) is 4.98 Å². The van der Waals surface area contributed by atoms with Gasteiger partial charge in [0.25, 0.3) is 0 Å². The van der Waals surface area contributed by atoms with Crippen LogP contribution >= 0.6 is 11.6 Å². The van der Waals surface area contributed by atoms with Crippen LogP contribution in [0, 0.1) is 0 Å². The van der Waals surface area contributed by atoms with Gasteiger partial charge in [0.05, 0.1) is 25.6 Å². The van der Waals surface area contributed by atoms with E-state index in [1.165, 1.54) is 6.20 Å². The Morgan fingerprint density at radius 3 is 2.53 bits per heavy atom. The Morgan fingerprint density at radius 1 is 1.27 bits per heavy atom. The van der Waals surface area contributed by atoms with Gasteiger partial charge in [-0.1, -0.05) is 25.4 Å². The molecule has 1 saturated heterocycles. The third-order valence-corrected chi connectivity index (χ3v) is 2.11. The highest BCUT2D eigenvalue weighted by molar-refractivity contribution is 6.29. The lowest BCUT2D eigenvalue weighted by Gasteiger charge is -2.27. The molecule has 0 amide bonds. The molecule has 2 heterocycles. The molecule has 0 atom stereocenters. The lowest BCUT2D eigenvalue weighted by molar-refractivity contribution is 0.122. The van der Waals surface area contributed by atoms with Crippen LogP contribution in [0.1, 0.15) is 13.8 Å². The van der Waals surface area contributed by atoms with Gasteiger partial charge in [-0.2, -0.15) is 0 Å². The van der Waals surface area contributed by atoms with Crippen LogP contribution in [0.15, 0.2) is 12.4 Å². The lowest BCUT2D eigenvalue weighted by atomic mass is 10.4. The van der Waals surface area contributed by atoms with Crippen molar-refractivity contribution in [2.45, 2.75) is 13.8 Å². The molecule has 0 aromatic carbocycles. The van der Waals surface area contributed by atoms with Gasteiger partial charge in [-0.05, 0) is 0 Å². The second-order valence-corrected chi connectivity index (χ2v) is 3.19. The molecular weight excluding hydrogens is 214 g/mol. The van der Waals surface area contributed by atoms with E-state index in [0.29, 0.717) is 5.15 Å². The van der Waals surface area contributed by atoms with Crippen molar-refractivity contribution in [1.82, 2.24) is 9.97 Å². The molecule has 1 aliphatic rings. The zero-order valence-electron chi connectivity index (χ0n) is 9.11. The van der Waals surface area contributed by atoms with E-state index in [1.807, 2.05) is 13.8 Å². The van der Waals surface area contributed by atoms with Crippen LogP contribution in [-0.4, -0.2) is 36.3 Å². The molecule has 0 spiro atoms. The second kappa shape index (κ2) is 6.58.